The molecule has 1 saturated heterocycles. The second kappa shape index (κ2) is 8.26. The average molecular weight is 343 g/mol. The van der Waals surface area contributed by atoms with Gasteiger partial charge in [-0.1, -0.05) is 17.7 Å². The lowest BCUT2D eigenvalue weighted by Crippen LogP contribution is -2.47. The molecule has 0 saturated carbocycles. The third-order valence-corrected chi connectivity index (χ3v) is 4.04. The molecule has 1 aromatic carbocycles. The molecule has 0 aromatic heterocycles. The zero-order valence-electron chi connectivity index (χ0n) is 13.0. The summed E-state index contributed by atoms with van der Waals surface area (Å²) >= 11 is 5.83. The molecule has 0 bridgehead atoms. The number of likely N-dealkylation sites (tertiary alicyclic amines) is 1. The Bertz CT molecular complexity index is 560. The standard InChI is InChI=1S/C16H20ClFN2O3/c1-2-23-11-5-4-8-20(10-11)14(21)9-19-16(22)15-12(17)6-3-7-13(15)18/h3,6-7,11H,2,4-5,8-10H2,1H3,(H,19,22). The van der Waals surface area contributed by atoms with Crippen molar-refractivity contribution in [1.82, 2.24) is 10.2 Å². The van der Waals surface area contributed by atoms with E-state index in [0.717, 1.165) is 18.9 Å². The summed E-state index contributed by atoms with van der Waals surface area (Å²) in [4.78, 5) is 25.9. The molecular formula is C16H20ClFN2O3. The molecule has 2 rings (SSSR count). The summed E-state index contributed by atoms with van der Waals surface area (Å²) in [6.45, 7) is 3.48. The van der Waals surface area contributed by atoms with Gasteiger partial charge < -0.3 is 15.0 Å². The molecule has 1 heterocycles. The van der Waals surface area contributed by atoms with Crippen LogP contribution in [0, 0.1) is 5.82 Å². The lowest BCUT2D eigenvalue weighted by atomic mass is 10.1. The molecule has 2 amide bonds. The number of halogens is 2. The molecule has 1 fully saturated rings. The highest BCUT2D eigenvalue weighted by Crippen LogP contribution is 2.18. The van der Waals surface area contributed by atoms with Gasteiger partial charge in [-0.25, -0.2) is 4.39 Å². The maximum atomic E-state index is 13.7. The van der Waals surface area contributed by atoms with Crippen molar-refractivity contribution in [2.45, 2.75) is 25.9 Å². The quantitative estimate of drug-likeness (QED) is 0.892. The van der Waals surface area contributed by atoms with Gasteiger partial charge in [-0.3, -0.25) is 9.59 Å². The molecule has 126 valence electrons. The summed E-state index contributed by atoms with van der Waals surface area (Å²) in [7, 11) is 0. The van der Waals surface area contributed by atoms with E-state index < -0.39 is 11.7 Å². The first-order valence-electron chi connectivity index (χ1n) is 7.64. The van der Waals surface area contributed by atoms with Gasteiger partial charge in [-0.2, -0.15) is 0 Å². The molecule has 1 aliphatic rings. The maximum Gasteiger partial charge on any atom is 0.256 e. The highest BCUT2D eigenvalue weighted by Gasteiger charge is 2.24. The largest absolute Gasteiger partial charge is 0.377 e. The molecule has 0 spiro atoms. The molecule has 0 aliphatic carbocycles. The lowest BCUT2D eigenvalue weighted by molar-refractivity contribution is -0.134. The highest BCUT2D eigenvalue weighted by atomic mass is 35.5. The van der Waals surface area contributed by atoms with Crippen LogP contribution in [0.25, 0.3) is 0 Å². The Morgan fingerprint density at radius 3 is 2.96 bits per heavy atom. The predicted octanol–water partition coefficient (Wildman–Crippen LogP) is 2.24. The third-order valence-electron chi connectivity index (χ3n) is 3.72. The number of nitrogens with one attached hydrogen (secondary N) is 1. The van der Waals surface area contributed by atoms with E-state index in [4.69, 9.17) is 16.3 Å². The molecule has 0 radical (unpaired) electrons. The van der Waals surface area contributed by atoms with E-state index in [-0.39, 0.29) is 29.1 Å². The number of ether oxygens (including phenoxy) is 1. The molecule has 1 atom stereocenters. The Hall–Kier alpha value is -1.66. The van der Waals surface area contributed by atoms with Crippen molar-refractivity contribution in [1.29, 1.82) is 0 Å². The van der Waals surface area contributed by atoms with Crippen LogP contribution in [-0.4, -0.2) is 49.1 Å². The van der Waals surface area contributed by atoms with Crippen molar-refractivity contribution >= 4 is 23.4 Å². The van der Waals surface area contributed by atoms with Gasteiger partial charge in [-0.15, -0.1) is 0 Å². The first-order valence-corrected chi connectivity index (χ1v) is 8.02. The third kappa shape index (κ3) is 4.65. The summed E-state index contributed by atoms with van der Waals surface area (Å²) < 4.78 is 19.2. The molecule has 7 heteroatoms. The van der Waals surface area contributed by atoms with Crippen LogP contribution in [0.4, 0.5) is 4.39 Å². The Balaban J connectivity index is 1.90. The van der Waals surface area contributed by atoms with Crippen molar-refractivity contribution in [3.05, 3.63) is 34.6 Å². The van der Waals surface area contributed by atoms with Gasteiger partial charge in [0.2, 0.25) is 5.91 Å². The van der Waals surface area contributed by atoms with Crippen molar-refractivity contribution in [2.75, 3.05) is 26.2 Å². The summed E-state index contributed by atoms with van der Waals surface area (Å²) in [6, 6.07) is 4.00. The van der Waals surface area contributed by atoms with Gasteiger partial charge in [0.15, 0.2) is 0 Å². The Kier molecular flexibility index (Phi) is 6.36. The lowest BCUT2D eigenvalue weighted by Gasteiger charge is -2.32. The number of piperidine rings is 1. The number of carbonyl (C=O) groups excluding carboxylic acids is 2. The Morgan fingerprint density at radius 2 is 2.26 bits per heavy atom. The molecular weight excluding hydrogens is 323 g/mol. The summed E-state index contributed by atoms with van der Waals surface area (Å²) in [6.07, 6.45) is 1.83. The maximum absolute atomic E-state index is 13.7. The van der Waals surface area contributed by atoms with Crippen LogP contribution in [0.5, 0.6) is 0 Å². The van der Waals surface area contributed by atoms with Crippen LogP contribution < -0.4 is 5.32 Å². The number of benzene rings is 1. The van der Waals surface area contributed by atoms with E-state index in [2.05, 4.69) is 5.32 Å². The van der Waals surface area contributed by atoms with Crippen LogP contribution in [0.2, 0.25) is 5.02 Å². The normalized spacial score (nSPS) is 17.9. The van der Waals surface area contributed by atoms with E-state index in [1.54, 1.807) is 4.90 Å². The van der Waals surface area contributed by atoms with Crippen LogP contribution in [0.3, 0.4) is 0 Å². The highest BCUT2D eigenvalue weighted by molar-refractivity contribution is 6.33. The fraction of sp³-hybridized carbons (Fsp3) is 0.500. The van der Waals surface area contributed by atoms with Gasteiger partial charge in [-0.05, 0) is 31.9 Å². The molecule has 23 heavy (non-hydrogen) atoms. The van der Waals surface area contributed by atoms with Gasteiger partial charge in [0.25, 0.3) is 5.91 Å². The van der Waals surface area contributed by atoms with Crippen LogP contribution in [-0.2, 0) is 9.53 Å². The fourth-order valence-corrected chi connectivity index (χ4v) is 2.86. The number of nitrogens with zero attached hydrogens (tertiary/aromatic N) is 1. The first kappa shape index (κ1) is 17.7. The molecule has 1 aromatic rings. The van der Waals surface area contributed by atoms with Crippen LogP contribution in [0.1, 0.15) is 30.1 Å². The van der Waals surface area contributed by atoms with Crippen molar-refractivity contribution < 1.29 is 18.7 Å². The minimum Gasteiger partial charge on any atom is -0.377 e. The van der Waals surface area contributed by atoms with E-state index >= 15 is 0 Å². The zero-order chi connectivity index (χ0) is 16.8. The summed E-state index contributed by atoms with van der Waals surface area (Å²) in [5.41, 5.74) is -0.243. The number of hydrogen-bond acceptors (Lipinski definition) is 3. The SMILES string of the molecule is CCOC1CCCN(C(=O)CNC(=O)c2c(F)cccc2Cl)C1. The smallest absolute Gasteiger partial charge is 0.256 e. The van der Waals surface area contributed by atoms with Gasteiger partial charge in [0, 0.05) is 19.7 Å². The van der Waals surface area contributed by atoms with E-state index in [0.29, 0.717) is 19.7 Å². The van der Waals surface area contributed by atoms with E-state index in [1.807, 2.05) is 6.92 Å². The van der Waals surface area contributed by atoms with Crippen LogP contribution in [0.15, 0.2) is 18.2 Å². The minimum absolute atomic E-state index is 0.0179. The minimum atomic E-state index is -0.711. The number of rotatable bonds is 5. The summed E-state index contributed by atoms with van der Waals surface area (Å²) in [5, 5.41) is 2.45. The number of hydrogen-bond donors (Lipinski definition) is 1. The topological polar surface area (TPSA) is 58.6 Å². The van der Waals surface area contributed by atoms with Gasteiger partial charge in [0.1, 0.15) is 5.82 Å². The number of amides is 2. The van der Waals surface area contributed by atoms with Gasteiger partial charge >= 0.3 is 0 Å². The van der Waals surface area contributed by atoms with E-state index in [1.165, 1.54) is 12.1 Å². The average Bonchev–Trinajstić information content (AvgIpc) is 2.53. The monoisotopic (exact) mass is 342 g/mol. The fourth-order valence-electron chi connectivity index (χ4n) is 2.61. The second-order valence-electron chi connectivity index (χ2n) is 5.34. The number of carbonyl (C=O) groups is 2. The molecule has 1 N–H and O–H groups in total. The Labute approximate surface area is 139 Å². The molecule has 1 unspecified atom stereocenters. The van der Waals surface area contributed by atoms with Crippen molar-refractivity contribution in [2.24, 2.45) is 0 Å². The zero-order valence-corrected chi connectivity index (χ0v) is 13.7. The predicted molar refractivity (Wildman–Crippen MR) is 85.0 cm³/mol. The summed E-state index contributed by atoms with van der Waals surface area (Å²) in [5.74, 6) is -1.62. The van der Waals surface area contributed by atoms with Crippen molar-refractivity contribution in [3.63, 3.8) is 0 Å². The molecule has 5 nitrogen and oxygen atoms in total. The molecule has 1 aliphatic heterocycles. The Morgan fingerprint density at radius 1 is 1.48 bits per heavy atom. The first-order chi connectivity index (χ1) is 11.0. The van der Waals surface area contributed by atoms with Gasteiger partial charge in [0.05, 0.1) is 23.2 Å². The van der Waals surface area contributed by atoms with Crippen molar-refractivity contribution in [3.8, 4) is 0 Å². The van der Waals surface area contributed by atoms with Crippen LogP contribution >= 0.6 is 11.6 Å². The second-order valence-corrected chi connectivity index (χ2v) is 5.75. The van der Waals surface area contributed by atoms with E-state index in [9.17, 15) is 14.0 Å².